The zero-order valence-corrected chi connectivity index (χ0v) is 16.7. The van der Waals surface area contributed by atoms with Gasteiger partial charge in [0.1, 0.15) is 0 Å². The molecule has 2 aromatic carbocycles. The summed E-state index contributed by atoms with van der Waals surface area (Å²) < 4.78 is 1.07. The van der Waals surface area contributed by atoms with Crippen LogP contribution in [0.2, 0.25) is 5.02 Å². The fourth-order valence-corrected chi connectivity index (χ4v) is 4.29. The van der Waals surface area contributed by atoms with Gasteiger partial charge in [-0.05, 0) is 67.1 Å². The van der Waals surface area contributed by atoms with Gasteiger partial charge in [-0.15, -0.1) is 0 Å². The Hall–Kier alpha value is -1.78. The number of rotatable bonds is 4. The highest BCUT2D eigenvalue weighted by atomic mass is 79.9. The maximum Gasteiger partial charge on any atom is 0.229 e. The van der Waals surface area contributed by atoms with E-state index in [1.807, 2.05) is 30.3 Å². The van der Waals surface area contributed by atoms with Crippen molar-refractivity contribution in [3.63, 3.8) is 0 Å². The molecule has 1 aliphatic rings. The standard InChI is InChI=1S/C21H20BrClN2O/c22-14-6-9-19-18(12-14)16-2-1-3-17(20(16)25-19)21(26)24-11-10-13-4-7-15(23)8-5-13/h4-9,12,17,25H,1-3,10-11H2,(H,24,26). The van der Waals surface area contributed by atoms with Crippen molar-refractivity contribution in [3.8, 4) is 0 Å². The lowest BCUT2D eigenvalue weighted by atomic mass is 9.86. The summed E-state index contributed by atoms with van der Waals surface area (Å²) in [5.74, 6) is 0.0284. The average Bonchev–Trinajstić information content (AvgIpc) is 3.01. The number of hydrogen-bond donors (Lipinski definition) is 2. The van der Waals surface area contributed by atoms with E-state index in [9.17, 15) is 4.79 Å². The number of aromatic nitrogens is 1. The van der Waals surface area contributed by atoms with Crippen LogP contribution in [-0.4, -0.2) is 17.4 Å². The van der Waals surface area contributed by atoms with Crippen molar-refractivity contribution in [1.29, 1.82) is 0 Å². The third-order valence-electron chi connectivity index (χ3n) is 5.11. The summed E-state index contributed by atoms with van der Waals surface area (Å²) in [4.78, 5) is 16.3. The molecule has 5 heteroatoms. The Morgan fingerprint density at radius 1 is 1.23 bits per heavy atom. The molecule has 2 N–H and O–H groups in total. The number of aryl methyl sites for hydroxylation is 1. The Morgan fingerprint density at radius 3 is 2.85 bits per heavy atom. The smallest absolute Gasteiger partial charge is 0.229 e. The Labute approximate surface area is 166 Å². The van der Waals surface area contributed by atoms with Crippen molar-refractivity contribution in [1.82, 2.24) is 10.3 Å². The molecule has 26 heavy (non-hydrogen) atoms. The number of H-pyrrole nitrogens is 1. The van der Waals surface area contributed by atoms with Crippen LogP contribution < -0.4 is 5.32 Å². The fourth-order valence-electron chi connectivity index (χ4n) is 3.80. The van der Waals surface area contributed by atoms with E-state index >= 15 is 0 Å². The maximum atomic E-state index is 12.8. The normalized spacial score (nSPS) is 16.5. The first-order valence-electron chi connectivity index (χ1n) is 8.94. The molecule has 3 aromatic rings. The number of carbonyl (C=O) groups is 1. The van der Waals surface area contributed by atoms with Gasteiger partial charge in [-0.25, -0.2) is 0 Å². The molecule has 3 nitrogen and oxygen atoms in total. The SMILES string of the molecule is O=C(NCCc1ccc(Cl)cc1)C1CCCc2c1[nH]c1ccc(Br)cc21. The monoisotopic (exact) mass is 430 g/mol. The molecule has 1 aromatic heterocycles. The predicted molar refractivity (Wildman–Crippen MR) is 110 cm³/mol. The van der Waals surface area contributed by atoms with E-state index in [4.69, 9.17) is 11.6 Å². The number of hydrogen-bond acceptors (Lipinski definition) is 1. The molecular formula is C21H20BrClN2O. The van der Waals surface area contributed by atoms with Gasteiger partial charge < -0.3 is 10.3 Å². The first-order valence-corrected chi connectivity index (χ1v) is 10.1. The van der Waals surface area contributed by atoms with E-state index in [1.165, 1.54) is 16.5 Å². The predicted octanol–water partition coefficient (Wildman–Crippen LogP) is 5.36. The van der Waals surface area contributed by atoms with Gasteiger partial charge in [0, 0.05) is 32.6 Å². The molecule has 0 saturated heterocycles. The molecule has 4 rings (SSSR count). The van der Waals surface area contributed by atoms with E-state index in [1.54, 1.807) is 0 Å². The second-order valence-corrected chi connectivity index (χ2v) is 8.17. The third-order valence-corrected chi connectivity index (χ3v) is 5.86. The minimum Gasteiger partial charge on any atom is -0.357 e. The number of carbonyl (C=O) groups excluding carboxylic acids is 1. The number of fused-ring (bicyclic) bond motifs is 3. The number of nitrogens with one attached hydrogen (secondary N) is 2. The van der Waals surface area contributed by atoms with Crippen LogP contribution >= 0.6 is 27.5 Å². The van der Waals surface area contributed by atoms with Crippen LogP contribution in [0.1, 0.15) is 35.6 Å². The molecule has 134 valence electrons. The van der Waals surface area contributed by atoms with Gasteiger partial charge >= 0.3 is 0 Å². The number of amides is 1. The molecule has 1 unspecified atom stereocenters. The Morgan fingerprint density at radius 2 is 2.04 bits per heavy atom. The number of aromatic amines is 1. The van der Waals surface area contributed by atoms with Crippen LogP contribution in [0, 0.1) is 0 Å². The summed E-state index contributed by atoms with van der Waals surface area (Å²) >= 11 is 9.46. The molecule has 0 spiro atoms. The Bertz CT molecular complexity index is 949. The van der Waals surface area contributed by atoms with E-state index in [0.29, 0.717) is 6.54 Å². The summed E-state index contributed by atoms with van der Waals surface area (Å²) in [5.41, 5.74) is 4.67. The molecule has 0 saturated carbocycles. The Balaban J connectivity index is 1.47. The molecule has 1 heterocycles. The molecule has 1 atom stereocenters. The van der Waals surface area contributed by atoms with Crippen LogP contribution in [-0.2, 0) is 17.6 Å². The maximum absolute atomic E-state index is 12.8. The Kier molecular flexibility index (Phi) is 5.05. The van der Waals surface area contributed by atoms with Crippen LogP contribution in [0.4, 0.5) is 0 Å². The fraction of sp³-hybridized carbons (Fsp3) is 0.286. The van der Waals surface area contributed by atoms with Crippen molar-refractivity contribution in [2.75, 3.05) is 6.54 Å². The number of halogens is 2. The van der Waals surface area contributed by atoms with E-state index in [2.05, 4.69) is 38.4 Å². The second-order valence-electron chi connectivity index (χ2n) is 6.82. The van der Waals surface area contributed by atoms with Crippen LogP contribution in [0.25, 0.3) is 10.9 Å². The second kappa shape index (κ2) is 7.45. The first-order chi connectivity index (χ1) is 12.6. The van der Waals surface area contributed by atoms with Crippen LogP contribution in [0.15, 0.2) is 46.9 Å². The summed E-state index contributed by atoms with van der Waals surface area (Å²) in [7, 11) is 0. The largest absolute Gasteiger partial charge is 0.357 e. The summed E-state index contributed by atoms with van der Waals surface area (Å²) in [6.45, 7) is 0.637. The van der Waals surface area contributed by atoms with Crippen molar-refractivity contribution < 1.29 is 4.79 Å². The molecule has 1 amide bonds. The van der Waals surface area contributed by atoms with Gasteiger partial charge in [-0.1, -0.05) is 39.7 Å². The van der Waals surface area contributed by atoms with Gasteiger partial charge in [0.2, 0.25) is 5.91 Å². The lowest BCUT2D eigenvalue weighted by Gasteiger charge is -2.22. The van der Waals surface area contributed by atoms with Gasteiger partial charge in [0.05, 0.1) is 5.92 Å². The van der Waals surface area contributed by atoms with Crippen LogP contribution in [0.3, 0.4) is 0 Å². The number of benzene rings is 2. The summed E-state index contributed by atoms with van der Waals surface area (Å²) in [6, 6.07) is 14.0. The summed E-state index contributed by atoms with van der Waals surface area (Å²) in [5, 5.41) is 5.07. The highest BCUT2D eigenvalue weighted by molar-refractivity contribution is 9.10. The molecule has 0 fully saturated rings. The van der Waals surface area contributed by atoms with Crippen molar-refractivity contribution >= 4 is 44.3 Å². The van der Waals surface area contributed by atoms with Crippen molar-refractivity contribution in [2.45, 2.75) is 31.6 Å². The minimum absolute atomic E-state index is 0.0878. The zero-order chi connectivity index (χ0) is 18.1. The van der Waals surface area contributed by atoms with E-state index in [0.717, 1.165) is 46.4 Å². The van der Waals surface area contributed by atoms with Gasteiger partial charge in [0.25, 0.3) is 0 Å². The highest BCUT2D eigenvalue weighted by Crippen LogP contribution is 2.37. The van der Waals surface area contributed by atoms with Crippen molar-refractivity contribution in [3.05, 3.63) is 68.8 Å². The van der Waals surface area contributed by atoms with Gasteiger partial charge in [-0.2, -0.15) is 0 Å². The minimum atomic E-state index is -0.0878. The quantitative estimate of drug-likeness (QED) is 0.573. The molecule has 0 bridgehead atoms. The van der Waals surface area contributed by atoms with E-state index < -0.39 is 0 Å². The van der Waals surface area contributed by atoms with E-state index in [-0.39, 0.29) is 11.8 Å². The zero-order valence-electron chi connectivity index (χ0n) is 14.3. The van der Waals surface area contributed by atoms with Crippen molar-refractivity contribution in [2.24, 2.45) is 0 Å². The molecule has 0 radical (unpaired) electrons. The molecular weight excluding hydrogens is 412 g/mol. The highest BCUT2D eigenvalue weighted by Gasteiger charge is 2.29. The van der Waals surface area contributed by atoms with Gasteiger partial charge in [0.15, 0.2) is 0 Å². The topological polar surface area (TPSA) is 44.9 Å². The average molecular weight is 432 g/mol. The lowest BCUT2D eigenvalue weighted by Crippen LogP contribution is -2.32. The first kappa shape index (κ1) is 17.6. The van der Waals surface area contributed by atoms with Gasteiger partial charge in [-0.3, -0.25) is 4.79 Å². The third kappa shape index (κ3) is 3.53. The lowest BCUT2D eigenvalue weighted by molar-refractivity contribution is -0.122. The molecule has 0 aliphatic heterocycles. The van der Waals surface area contributed by atoms with Crippen LogP contribution in [0.5, 0.6) is 0 Å². The molecule has 1 aliphatic carbocycles. The summed E-state index contributed by atoms with van der Waals surface area (Å²) in [6.07, 6.45) is 3.78.